The standard InChI is InChI=1S/C20H21BO5/c1-13(22)20-11-15-16(23-2)9-10-17(24-3)19(15)18(12-20)25-21(26-20)14-7-5-4-6-8-14/h4-10,18H,11-12H2,1-3H3/t18-,20-/m0/s1. The van der Waals surface area contributed by atoms with Crippen molar-refractivity contribution in [3.63, 3.8) is 0 Å². The molecule has 2 aliphatic rings. The Morgan fingerprint density at radius 3 is 2.46 bits per heavy atom. The fraction of sp³-hybridized carbons (Fsp3) is 0.350. The van der Waals surface area contributed by atoms with Crippen molar-refractivity contribution in [2.45, 2.75) is 31.5 Å². The summed E-state index contributed by atoms with van der Waals surface area (Å²) in [6, 6.07) is 13.5. The second-order valence-electron chi connectivity index (χ2n) is 6.78. The summed E-state index contributed by atoms with van der Waals surface area (Å²) in [4.78, 5) is 12.6. The highest BCUT2D eigenvalue weighted by molar-refractivity contribution is 6.61. The molecule has 26 heavy (non-hydrogen) atoms. The van der Waals surface area contributed by atoms with Crippen LogP contribution in [0.4, 0.5) is 0 Å². The van der Waals surface area contributed by atoms with Crippen molar-refractivity contribution in [2.24, 2.45) is 0 Å². The normalized spacial score (nSPS) is 24.0. The number of carbonyl (C=O) groups is 1. The summed E-state index contributed by atoms with van der Waals surface area (Å²) >= 11 is 0. The minimum atomic E-state index is -0.921. The molecule has 4 rings (SSSR count). The third-order valence-electron chi connectivity index (χ3n) is 5.35. The molecule has 1 aliphatic carbocycles. The molecule has 0 amide bonds. The van der Waals surface area contributed by atoms with Gasteiger partial charge in [-0.05, 0) is 24.5 Å². The number of ether oxygens (including phenoxy) is 2. The first-order valence-electron chi connectivity index (χ1n) is 8.71. The molecule has 1 heterocycles. The SMILES string of the molecule is COc1ccc(OC)c2c1C[C@@]1(C(C)=O)C[C@@H]2OB(c2ccccc2)O1. The molecule has 1 saturated heterocycles. The topological polar surface area (TPSA) is 54.0 Å². The Labute approximate surface area is 153 Å². The summed E-state index contributed by atoms with van der Waals surface area (Å²) in [7, 11) is 2.67. The van der Waals surface area contributed by atoms with Crippen molar-refractivity contribution in [1.29, 1.82) is 0 Å². The van der Waals surface area contributed by atoms with Crippen LogP contribution in [0, 0.1) is 0 Å². The van der Waals surface area contributed by atoms with Crippen LogP contribution < -0.4 is 14.9 Å². The van der Waals surface area contributed by atoms with Crippen molar-refractivity contribution in [3.05, 3.63) is 53.6 Å². The van der Waals surface area contributed by atoms with Gasteiger partial charge in [0.15, 0.2) is 5.78 Å². The summed E-state index contributed by atoms with van der Waals surface area (Å²) in [5, 5.41) is 0. The Morgan fingerprint density at radius 1 is 1.12 bits per heavy atom. The first-order valence-corrected chi connectivity index (χ1v) is 8.71. The van der Waals surface area contributed by atoms with Crippen LogP contribution in [0.3, 0.4) is 0 Å². The lowest BCUT2D eigenvalue weighted by atomic mass is 9.68. The van der Waals surface area contributed by atoms with Gasteiger partial charge in [0.25, 0.3) is 0 Å². The number of rotatable bonds is 4. The van der Waals surface area contributed by atoms with Gasteiger partial charge in [-0.15, -0.1) is 0 Å². The van der Waals surface area contributed by atoms with Crippen LogP contribution in [-0.4, -0.2) is 32.7 Å². The molecule has 2 atom stereocenters. The smallest absolute Gasteiger partial charge is 0.495 e. The van der Waals surface area contributed by atoms with E-state index in [1.807, 2.05) is 42.5 Å². The van der Waals surface area contributed by atoms with Crippen molar-refractivity contribution in [3.8, 4) is 11.5 Å². The Hall–Kier alpha value is -2.31. The van der Waals surface area contributed by atoms with E-state index in [0.29, 0.717) is 12.8 Å². The molecule has 2 bridgehead atoms. The number of carbonyl (C=O) groups excluding carboxylic acids is 1. The van der Waals surface area contributed by atoms with Crippen LogP contribution >= 0.6 is 0 Å². The number of hydrogen-bond donors (Lipinski definition) is 0. The van der Waals surface area contributed by atoms with Crippen LogP contribution in [0.25, 0.3) is 0 Å². The summed E-state index contributed by atoms with van der Waals surface area (Å²) in [5.74, 6) is 1.47. The molecule has 0 saturated carbocycles. The fourth-order valence-electron chi connectivity index (χ4n) is 3.98. The lowest BCUT2D eigenvalue weighted by Gasteiger charge is -2.47. The molecule has 2 aromatic rings. The third kappa shape index (κ3) is 2.61. The largest absolute Gasteiger partial charge is 0.496 e. The monoisotopic (exact) mass is 352 g/mol. The van der Waals surface area contributed by atoms with Gasteiger partial charge in [0, 0.05) is 24.0 Å². The van der Waals surface area contributed by atoms with E-state index in [-0.39, 0.29) is 11.9 Å². The molecule has 2 aromatic carbocycles. The quantitative estimate of drug-likeness (QED) is 0.792. The summed E-state index contributed by atoms with van der Waals surface area (Å²) < 4.78 is 23.6. The fourth-order valence-corrected chi connectivity index (χ4v) is 3.98. The molecule has 1 aliphatic heterocycles. The van der Waals surface area contributed by atoms with Gasteiger partial charge in [-0.1, -0.05) is 30.3 Å². The highest BCUT2D eigenvalue weighted by Crippen LogP contribution is 2.50. The molecule has 0 N–H and O–H groups in total. The Morgan fingerprint density at radius 2 is 1.81 bits per heavy atom. The molecule has 5 nitrogen and oxygen atoms in total. The average Bonchev–Trinajstić information content (AvgIpc) is 2.67. The van der Waals surface area contributed by atoms with E-state index in [1.54, 1.807) is 21.1 Å². The second-order valence-corrected chi connectivity index (χ2v) is 6.78. The number of methoxy groups -OCH3 is 2. The van der Waals surface area contributed by atoms with Crippen molar-refractivity contribution < 1.29 is 23.6 Å². The second kappa shape index (κ2) is 6.45. The Kier molecular flexibility index (Phi) is 4.25. The maximum atomic E-state index is 12.6. The van der Waals surface area contributed by atoms with E-state index in [1.165, 1.54) is 0 Å². The van der Waals surface area contributed by atoms with Gasteiger partial charge >= 0.3 is 7.12 Å². The highest BCUT2D eigenvalue weighted by Gasteiger charge is 2.53. The van der Waals surface area contributed by atoms with Crippen LogP contribution in [-0.2, 0) is 20.5 Å². The maximum Gasteiger partial charge on any atom is 0.495 e. The third-order valence-corrected chi connectivity index (χ3v) is 5.35. The number of Topliss-reactive ketones (excluding diaryl/α,β-unsaturated/α-hetero) is 1. The molecular formula is C20H21BO5. The van der Waals surface area contributed by atoms with Crippen LogP contribution in [0.15, 0.2) is 42.5 Å². The maximum absolute atomic E-state index is 12.6. The summed E-state index contributed by atoms with van der Waals surface area (Å²) in [5.41, 5.74) is 1.85. The van der Waals surface area contributed by atoms with E-state index < -0.39 is 12.7 Å². The van der Waals surface area contributed by atoms with Gasteiger partial charge in [-0.3, -0.25) is 4.79 Å². The predicted octanol–water partition coefficient (Wildman–Crippen LogP) is 2.46. The molecular weight excluding hydrogens is 331 g/mol. The molecule has 1 fully saturated rings. The summed E-state index contributed by atoms with van der Waals surface area (Å²) in [6.07, 6.45) is 0.621. The van der Waals surface area contributed by atoms with Crippen molar-refractivity contribution in [2.75, 3.05) is 14.2 Å². The zero-order chi connectivity index (χ0) is 18.3. The number of hydrogen-bond acceptors (Lipinski definition) is 5. The highest BCUT2D eigenvalue weighted by atomic mass is 16.6. The van der Waals surface area contributed by atoms with Crippen molar-refractivity contribution in [1.82, 2.24) is 0 Å². The molecule has 134 valence electrons. The molecule has 0 radical (unpaired) electrons. The minimum absolute atomic E-state index is 0.00209. The van der Waals surface area contributed by atoms with E-state index in [4.69, 9.17) is 18.8 Å². The van der Waals surface area contributed by atoms with Gasteiger partial charge < -0.3 is 18.8 Å². The van der Waals surface area contributed by atoms with Gasteiger partial charge in [0.1, 0.15) is 17.1 Å². The number of benzene rings is 2. The van der Waals surface area contributed by atoms with Crippen molar-refractivity contribution >= 4 is 18.4 Å². The molecule has 0 spiro atoms. The van der Waals surface area contributed by atoms with E-state index in [9.17, 15) is 4.79 Å². The zero-order valence-electron chi connectivity index (χ0n) is 15.2. The van der Waals surface area contributed by atoms with Gasteiger partial charge in [0.05, 0.1) is 20.3 Å². The zero-order valence-corrected chi connectivity index (χ0v) is 15.2. The first-order chi connectivity index (χ1) is 12.6. The van der Waals surface area contributed by atoms with Gasteiger partial charge in [0.2, 0.25) is 0 Å². The van der Waals surface area contributed by atoms with Gasteiger partial charge in [-0.25, -0.2) is 0 Å². The van der Waals surface area contributed by atoms with E-state index >= 15 is 0 Å². The lowest BCUT2D eigenvalue weighted by Crippen LogP contribution is -2.58. The van der Waals surface area contributed by atoms with Crippen LogP contribution in [0.5, 0.6) is 11.5 Å². The summed E-state index contributed by atoms with van der Waals surface area (Å²) in [6.45, 7) is 1.59. The predicted molar refractivity (Wildman–Crippen MR) is 98.0 cm³/mol. The lowest BCUT2D eigenvalue weighted by molar-refractivity contribution is -0.144. The van der Waals surface area contributed by atoms with E-state index in [0.717, 1.165) is 28.1 Å². The van der Waals surface area contributed by atoms with Crippen LogP contribution in [0.2, 0.25) is 0 Å². The number of fused-ring (bicyclic) bond motifs is 4. The van der Waals surface area contributed by atoms with Gasteiger partial charge in [-0.2, -0.15) is 0 Å². The first kappa shape index (κ1) is 17.1. The Balaban J connectivity index is 1.85. The Bertz CT molecular complexity index is 838. The minimum Gasteiger partial charge on any atom is -0.496 e. The molecule has 6 heteroatoms. The van der Waals surface area contributed by atoms with Crippen LogP contribution in [0.1, 0.15) is 30.6 Å². The number of ketones is 1. The molecule has 0 unspecified atom stereocenters. The van der Waals surface area contributed by atoms with E-state index in [2.05, 4.69) is 0 Å². The molecule has 0 aromatic heterocycles. The average molecular weight is 352 g/mol.